The zero-order chi connectivity index (χ0) is 24.2. The Morgan fingerprint density at radius 1 is 0.909 bits per heavy atom. The number of hydrogen-bond acceptors (Lipinski definition) is 5. The molecule has 0 aromatic heterocycles. The van der Waals surface area contributed by atoms with Gasteiger partial charge in [0.05, 0.1) is 25.2 Å². The lowest BCUT2D eigenvalue weighted by molar-refractivity contribution is 0.0939. The minimum Gasteiger partial charge on any atom is -0.497 e. The molecule has 1 atom stereocenters. The zero-order valence-electron chi connectivity index (χ0n) is 18.1. The van der Waals surface area contributed by atoms with Crippen LogP contribution in [0.5, 0.6) is 11.5 Å². The van der Waals surface area contributed by atoms with Gasteiger partial charge in [-0.3, -0.25) is 9.52 Å². The lowest BCUT2D eigenvalue weighted by Gasteiger charge is -2.18. The zero-order valence-corrected chi connectivity index (χ0v) is 18.9. The van der Waals surface area contributed by atoms with Gasteiger partial charge in [-0.1, -0.05) is 0 Å². The lowest BCUT2D eigenvalue weighted by Crippen LogP contribution is -2.27. The van der Waals surface area contributed by atoms with E-state index in [0.717, 1.165) is 17.7 Å². The highest BCUT2D eigenvalue weighted by Crippen LogP contribution is 2.29. The molecule has 0 aliphatic rings. The maximum Gasteiger partial charge on any atom is 0.261 e. The van der Waals surface area contributed by atoms with E-state index in [-0.39, 0.29) is 11.6 Å². The van der Waals surface area contributed by atoms with E-state index >= 15 is 0 Å². The summed E-state index contributed by atoms with van der Waals surface area (Å²) < 4.78 is 64.1. The van der Waals surface area contributed by atoms with Gasteiger partial charge in [0, 0.05) is 16.8 Å². The predicted octanol–water partition coefficient (Wildman–Crippen LogP) is 4.27. The molecule has 1 amide bonds. The van der Waals surface area contributed by atoms with Gasteiger partial charge in [-0.25, -0.2) is 17.2 Å². The van der Waals surface area contributed by atoms with E-state index in [1.807, 2.05) is 0 Å². The molecule has 7 nitrogen and oxygen atoms in total. The number of amides is 1. The quantitative estimate of drug-likeness (QED) is 0.506. The average Bonchev–Trinajstić information content (AvgIpc) is 2.80. The van der Waals surface area contributed by atoms with E-state index in [2.05, 4.69) is 10.0 Å². The molecule has 0 saturated heterocycles. The number of hydrogen-bond donors (Lipinski definition) is 2. The Hall–Kier alpha value is -3.66. The second-order valence-corrected chi connectivity index (χ2v) is 8.74. The number of sulfonamides is 1. The van der Waals surface area contributed by atoms with E-state index in [9.17, 15) is 22.0 Å². The number of anilines is 1. The first-order valence-electron chi connectivity index (χ1n) is 9.75. The summed E-state index contributed by atoms with van der Waals surface area (Å²) in [7, 11) is -1.07. The molecule has 10 heteroatoms. The third kappa shape index (κ3) is 5.58. The van der Waals surface area contributed by atoms with E-state index in [4.69, 9.17) is 9.47 Å². The van der Waals surface area contributed by atoms with Crippen molar-refractivity contribution in [3.8, 4) is 11.5 Å². The Kier molecular flexibility index (Phi) is 7.17. The number of methoxy groups -OCH3 is 2. The molecule has 0 spiro atoms. The van der Waals surface area contributed by atoms with E-state index < -0.39 is 32.6 Å². The molecule has 0 aliphatic heterocycles. The normalized spacial score (nSPS) is 12.0. The van der Waals surface area contributed by atoms with Gasteiger partial charge in [0.25, 0.3) is 15.9 Å². The Balaban J connectivity index is 1.72. The maximum atomic E-state index is 13.4. The fourth-order valence-corrected chi connectivity index (χ4v) is 4.15. The van der Waals surface area contributed by atoms with Crippen molar-refractivity contribution >= 4 is 21.6 Å². The number of ether oxygens (including phenoxy) is 2. The van der Waals surface area contributed by atoms with Gasteiger partial charge in [0.2, 0.25) is 0 Å². The first-order chi connectivity index (χ1) is 15.6. The lowest BCUT2D eigenvalue weighted by atomic mass is 10.1. The van der Waals surface area contributed by atoms with E-state index in [1.54, 1.807) is 25.1 Å². The number of carbonyl (C=O) groups excluding carboxylic acids is 1. The number of carbonyl (C=O) groups is 1. The van der Waals surface area contributed by atoms with Crippen LogP contribution in [0.3, 0.4) is 0 Å². The van der Waals surface area contributed by atoms with Crippen molar-refractivity contribution in [3.05, 3.63) is 83.4 Å². The molecule has 0 fully saturated rings. The standard InChI is InChI=1S/C23H22F2N2O5S/c1-14(19-12-17(31-2)8-11-22(19)32-3)26-23(28)15-4-6-16(7-5-15)27-33(29,30)18-9-10-20(24)21(25)13-18/h4-14,27H,1-3H3,(H,26,28). The fourth-order valence-electron chi connectivity index (χ4n) is 3.08. The van der Waals surface area contributed by atoms with Crippen molar-refractivity contribution in [2.24, 2.45) is 0 Å². The molecule has 174 valence electrons. The summed E-state index contributed by atoms with van der Waals surface area (Å²) in [6.45, 7) is 1.79. The summed E-state index contributed by atoms with van der Waals surface area (Å²) in [6.07, 6.45) is 0. The van der Waals surface area contributed by atoms with Gasteiger partial charge in [-0.2, -0.15) is 0 Å². The third-order valence-electron chi connectivity index (χ3n) is 4.85. The molecule has 33 heavy (non-hydrogen) atoms. The van der Waals surface area contributed by atoms with Crippen molar-refractivity contribution in [2.45, 2.75) is 17.9 Å². The second-order valence-electron chi connectivity index (χ2n) is 7.06. The molecular formula is C23H22F2N2O5S. The van der Waals surface area contributed by atoms with Crippen molar-refractivity contribution in [1.82, 2.24) is 5.32 Å². The van der Waals surface area contributed by atoms with Gasteiger partial charge in [0.15, 0.2) is 11.6 Å². The van der Waals surface area contributed by atoms with Crippen molar-refractivity contribution in [1.29, 1.82) is 0 Å². The van der Waals surface area contributed by atoms with Crippen molar-refractivity contribution < 1.29 is 31.5 Å². The number of halogens is 2. The van der Waals surface area contributed by atoms with Crippen LogP contribution in [0.2, 0.25) is 0 Å². The molecule has 0 saturated carbocycles. The molecule has 0 bridgehead atoms. The monoisotopic (exact) mass is 476 g/mol. The van der Waals surface area contributed by atoms with Crippen LogP contribution in [0, 0.1) is 11.6 Å². The Morgan fingerprint density at radius 2 is 1.61 bits per heavy atom. The molecule has 3 aromatic rings. The van der Waals surface area contributed by atoms with E-state index in [1.165, 1.54) is 38.5 Å². The second kappa shape index (κ2) is 9.86. The summed E-state index contributed by atoms with van der Waals surface area (Å²) in [6, 6.07) is 12.8. The largest absolute Gasteiger partial charge is 0.497 e. The van der Waals surface area contributed by atoms with Gasteiger partial charge < -0.3 is 14.8 Å². The molecule has 0 radical (unpaired) electrons. The molecule has 2 N–H and O–H groups in total. The summed E-state index contributed by atoms with van der Waals surface area (Å²) in [5.41, 5.74) is 1.17. The summed E-state index contributed by atoms with van der Waals surface area (Å²) >= 11 is 0. The molecule has 1 unspecified atom stereocenters. The van der Waals surface area contributed by atoms with Gasteiger partial charge >= 0.3 is 0 Å². The SMILES string of the molecule is COc1ccc(OC)c(C(C)NC(=O)c2ccc(NS(=O)(=O)c3ccc(F)c(F)c3)cc2)c1. The maximum absolute atomic E-state index is 13.4. The van der Waals surface area contributed by atoms with Crippen molar-refractivity contribution in [2.75, 3.05) is 18.9 Å². The fraction of sp³-hybridized carbons (Fsp3) is 0.174. The average molecular weight is 477 g/mol. The third-order valence-corrected chi connectivity index (χ3v) is 6.23. The van der Waals surface area contributed by atoms with Crippen LogP contribution in [-0.2, 0) is 10.0 Å². The van der Waals surface area contributed by atoms with Crippen LogP contribution >= 0.6 is 0 Å². The highest BCUT2D eigenvalue weighted by atomic mass is 32.2. The van der Waals surface area contributed by atoms with Crippen LogP contribution in [-0.4, -0.2) is 28.5 Å². The predicted molar refractivity (Wildman–Crippen MR) is 119 cm³/mol. The van der Waals surface area contributed by atoms with Crippen molar-refractivity contribution in [3.63, 3.8) is 0 Å². The minimum atomic E-state index is -4.14. The first kappa shape index (κ1) is 24.0. The van der Waals surface area contributed by atoms with Crippen LogP contribution in [0.4, 0.5) is 14.5 Å². The summed E-state index contributed by atoms with van der Waals surface area (Å²) in [5, 5.41) is 2.85. The molecular weight excluding hydrogens is 454 g/mol. The summed E-state index contributed by atoms with van der Waals surface area (Å²) in [5.74, 6) is -1.60. The van der Waals surface area contributed by atoms with Gasteiger partial charge in [-0.05, 0) is 67.6 Å². The topological polar surface area (TPSA) is 93.7 Å². The van der Waals surface area contributed by atoms with Gasteiger partial charge in [-0.15, -0.1) is 0 Å². The minimum absolute atomic E-state index is 0.152. The highest BCUT2D eigenvalue weighted by Gasteiger charge is 2.18. The van der Waals surface area contributed by atoms with Crippen LogP contribution in [0.1, 0.15) is 28.9 Å². The van der Waals surface area contributed by atoms with Crippen LogP contribution < -0.4 is 19.5 Å². The van der Waals surface area contributed by atoms with E-state index in [0.29, 0.717) is 23.1 Å². The number of benzene rings is 3. The molecule has 0 heterocycles. The van der Waals surface area contributed by atoms with Crippen LogP contribution in [0.25, 0.3) is 0 Å². The Labute approximate surface area is 190 Å². The van der Waals surface area contributed by atoms with Crippen LogP contribution in [0.15, 0.2) is 65.6 Å². The first-order valence-corrected chi connectivity index (χ1v) is 11.2. The number of nitrogens with one attached hydrogen (secondary N) is 2. The highest BCUT2D eigenvalue weighted by molar-refractivity contribution is 7.92. The summed E-state index contributed by atoms with van der Waals surface area (Å²) in [4.78, 5) is 12.2. The molecule has 0 aliphatic carbocycles. The smallest absolute Gasteiger partial charge is 0.261 e. The number of rotatable bonds is 8. The van der Waals surface area contributed by atoms with Gasteiger partial charge in [0.1, 0.15) is 11.5 Å². The molecule has 3 aromatic carbocycles. The Morgan fingerprint density at radius 3 is 2.21 bits per heavy atom. The Bertz CT molecular complexity index is 1260. The molecule has 3 rings (SSSR count).